The fourth-order valence-electron chi connectivity index (χ4n) is 1.67. The quantitative estimate of drug-likeness (QED) is 0.355. The fourth-order valence-corrected chi connectivity index (χ4v) is 1.67. The van der Waals surface area contributed by atoms with Gasteiger partial charge in [0, 0.05) is 19.6 Å². The van der Waals surface area contributed by atoms with Crippen molar-refractivity contribution in [2.45, 2.75) is 69.9 Å². The van der Waals surface area contributed by atoms with Crippen LogP contribution in [-0.2, 0) is 4.74 Å². The van der Waals surface area contributed by atoms with Gasteiger partial charge in [-0.2, -0.15) is 30.7 Å². The molecule has 0 spiro atoms. The first-order valence-corrected chi connectivity index (χ1v) is 6.96. The van der Waals surface area contributed by atoms with E-state index in [0.29, 0.717) is 6.61 Å². The van der Waals surface area contributed by atoms with E-state index in [2.05, 4.69) is 0 Å². The SMILES string of the molecule is CCCCCCCOCCCC(F)(F)C(F)(F)C(F)(F)F. The van der Waals surface area contributed by atoms with Gasteiger partial charge in [-0.25, -0.2) is 0 Å². The number of alkyl halides is 7. The van der Waals surface area contributed by atoms with Crippen LogP contribution in [0.4, 0.5) is 30.7 Å². The highest BCUT2D eigenvalue weighted by Gasteiger charge is 2.72. The Bertz CT molecular complexity index is 276. The van der Waals surface area contributed by atoms with Crippen molar-refractivity contribution < 1.29 is 35.5 Å². The Morgan fingerprint density at radius 1 is 0.714 bits per heavy atom. The molecule has 1 nitrogen and oxygen atoms in total. The molecule has 0 rings (SSSR count). The molecule has 0 saturated carbocycles. The van der Waals surface area contributed by atoms with Crippen LogP contribution in [0.15, 0.2) is 0 Å². The highest BCUT2D eigenvalue weighted by atomic mass is 19.4. The van der Waals surface area contributed by atoms with Crippen LogP contribution in [0.3, 0.4) is 0 Å². The maximum absolute atomic E-state index is 12.9. The maximum Gasteiger partial charge on any atom is 0.459 e. The number of halogens is 7. The number of hydrogen-bond acceptors (Lipinski definition) is 1. The van der Waals surface area contributed by atoms with Gasteiger partial charge in [-0.15, -0.1) is 0 Å². The second kappa shape index (κ2) is 8.80. The van der Waals surface area contributed by atoms with E-state index in [4.69, 9.17) is 4.74 Å². The van der Waals surface area contributed by atoms with E-state index in [1.54, 1.807) is 0 Å². The summed E-state index contributed by atoms with van der Waals surface area (Å²) in [5.74, 6) is -11.1. The molecule has 0 aromatic heterocycles. The van der Waals surface area contributed by atoms with Crippen molar-refractivity contribution in [2.24, 2.45) is 0 Å². The minimum Gasteiger partial charge on any atom is -0.381 e. The van der Waals surface area contributed by atoms with Crippen molar-refractivity contribution in [3.63, 3.8) is 0 Å². The molecule has 0 amide bonds. The first kappa shape index (κ1) is 20.5. The zero-order valence-electron chi connectivity index (χ0n) is 11.9. The molecular weight excluding hydrogens is 305 g/mol. The highest BCUT2D eigenvalue weighted by Crippen LogP contribution is 2.48. The van der Waals surface area contributed by atoms with Gasteiger partial charge in [0.25, 0.3) is 0 Å². The lowest BCUT2D eigenvalue weighted by molar-refractivity contribution is -0.355. The van der Waals surface area contributed by atoms with Gasteiger partial charge in [0.05, 0.1) is 0 Å². The van der Waals surface area contributed by atoms with E-state index >= 15 is 0 Å². The Balaban J connectivity index is 3.86. The largest absolute Gasteiger partial charge is 0.459 e. The minimum absolute atomic E-state index is 0.253. The molecule has 0 atom stereocenters. The van der Waals surface area contributed by atoms with Crippen LogP contribution in [0.2, 0.25) is 0 Å². The third-order valence-electron chi connectivity index (χ3n) is 2.99. The zero-order valence-corrected chi connectivity index (χ0v) is 11.9. The van der Waals surface area contributed by atoms with E-state index in [1.807, 2.05) is 6.92 Å². The monoisotopic (exact) mass is 326 g/mol. The molecule has 8 heteroatoms. The van der Waals surface area contributed by atoms with Crippen LogP contribution in [-0.4, -0.2) is 31.2 Å². The molecule has 128 valence electrons. The second-order valence-electron chi connectivity index (χ2n) is 4.91. The minimum atomic E-state index is -6.25. The molecule has 0 bridgehead atoms. The maximum atomic E-state index is 12.9. The van der Waals surface area contributed by atoms with E-state index in [0.717, 1.165) is 32.1 Å². The molecule has 0 N–H and O–H groups in total. The van der Waals surface area contributed by atoms with Crippen LogP contribution < -0.4 is 0 Å². The van der Waals surface area contributed by atoms with Crippen molar-refractivity contribution in [2.75, 3.05) is 13.2 Å². The third-order valence-corrected chi connectivity index (χ3v) is 2.99. The van der Waals surface area contributed by atoms with Crippen molar-refractivity contribution in [1.29, 1.82) is 0 Å². The fraction of sp³-hybridized carbons (Fsp3) is 1.00. The molecule has 0 aliphatic rings. The predicted molar refractivity (Wildman–Crippen MR) is 64.8 cm³/mol. The summed E-state index contributed by atoms with van der Waals surface area (Å²) in [6, 6.07) is 0. The van der Waals surface area contributed by atoms with Crippen molar-refractivity contribution >= 4 is 0 Å². The van der Waals surface area contributed by atoms with Crippen LogP contribution in [0.1, 0.15) is 51.9 Å². The summed E-state index contributed by atoms with van der Waals surface area (Å²) in [6.07, 6.45) is -3.55. The van der Waals surface area contributed by atoms with Crippen molar-refractivity contribution in [3.8, 4) is 0 Å². The summed E-state index contributed by atoms with van der Waals surface area (Å²) in [5.41, 5.74) is 0. The molecule has 0 aliphatic carbocycles. The Morgan fingerprint density at radius 2 is 1.24 bits per heavy atom. The average Bonchev–Trinajstić information content (AvgIpc) is 2.35. The Morgan fingerprint density at radius 3 is 1.76 bits per heavy atom. The molecule has 0 heterocycles. The topological polar surface area (TPSA) is 9.23 Å². The molecular formula is C13H21F7O. The number of rotatable bonds is 11. The third kappa shape index (κ3) is 6.84. The molecule has 0 fully saturated rings. The molecule has 21 heavy (non-hydrogen) atoms. The molecule has 0 unspecified atom stereocenters. The summed E-state index contributed by atoms with van der Waals surface area (Å²) in [5, 5.41) is 0. The Kier molecular flexibility index (Phi) is 8.58. The van der Waals surface area contributed by atoms with Gasteiger partial charge in [-0.1, -0.05) is 32.6 Å². The van der Waals surface area contributed by atoms with Gasteiger partial charge in [-0.05, 0) is 12.8 Å². The summed E-state index contributed by atoms with van der Waals surface area (Å²) in [6.45, 7) is 2.09. The zero-order chi connectivity index (χ0) is 16.6. The summed E-state index contributed by atoms with van der Waals surface area (Å²) in [7, 11) is 0. The van der Waals surface area contributed by atoms with Gasteiger partial charge < -0.3 is 4.74 Å². The van der Waals surface area contributed by atoms with Crippen molar-refractivity contribution in [1.82, 2.24) is 0 Å². The van der Waals surface area contributed by atoms with Crippen LogP contribution in [0.25, 0.3) is 0 Å². The lowest BCUT2D eigenvalue weighted by atomic mass is 10.1. The lowest BCUT2D eigenvalue weighted by Gasteiger charge is -2.28. The van der Waals surface area contributed by atoms with E-state index in [-0.39, 0.29) is 6.61 Å². The highest BCUT2D eigenvalue weighted by molar-refractivity contribution is 4.90. The Hall–Kier alpha value is -0.530. The molecule has 0 aromatic carbocycles. The summed E-state index contributed by atoms with van der Waals surface area (Å²) < 4.78 is 91.3. The summed E-state index contributed by atoms with van der Waals surface area (Å²) >= 11 is 0. The summed E-state index contributed by atoms with van der Waals surface area (Å²) in [4.78, 5) is 0. The molecule has 0 radical (unpaired) electrons. The number of hydrogen-bond donors (Lipinski definition) is 0. The molecule has 0 saturated heterocycles. The average molecular weight is 326 g/mol. The van der Waals surface area contributed by atoms with Crippen LogP contribution >= 0.6 is 0 Å². The van der Waals surface area contributed by atoms with E-state index < -0.39 is 30.9 Å². The normalized spacial score (nSPS) is 13.7. The Labute approximate surface area is 119 Å². The van der Waals surface area contributed by atoms with Gasteiger partial charge in [0.2, 0.25) is 0 Å². The smallest absolute Gasteiger partial charge is 0.381 e. The standard InChI is InChI=1S/C13H21F7O/c1-2-3-4-5-6-9-21-10-7-8-11(14,15)12(16,17)13(18,19)20/h2-10H2,1H3. The van der Waals surface area contributed by atoms with Gasteiger partial charge in [0.1, 0.15) is 0 Å². The van der Waals surface area contributed by atoms with Crippen molar-refractivity contribution in [3.05, 3.63) is 0 Å². The lowest BCUT2D eigenvalue weighted by Crippen LogP contribution is -2.51. The first-order chi connectivity index (χ1) is 9.56. The molecule has 0 aromatic rings. The van der Waals surface area contributed by atoms with Gasteiger partial charge in [0.15, 0.2) is 0 Å². The molecule has 0 aliphatic heterocycles. The predicted octanol–water partition coefficient (Wildman–Crippen LogP) is 5.59. The van der Waals surface area contributed by atoms with Gasteiger partial charge in [-0.3, -0.25) is 0 Å². The van der Waals surface area contributed by atoms with E-state index in [9.17, 15) is 30.7 Å². The van der Waals surface area contributed by atoms with E-state index in [1.165, 1.54) is 0 Å². The second-order valence-corrected chi connectivity index (χ2v) is 4.91. The van der Waals surface area contributed by atoms with Crippen LogP contribution in [0, 0.1) is 0 Å². The van der Waals surface area contributed by atoms with Crippen LogP contribution in [0.5, 0.6) is 0 Å². The first-order valence-electron chi connectivity index (χ1n) is 6.96. The van der Waals surface area contributed by atoms with Gasteiger partial charge >= 0.3 is 18.0 Å². The number of ether oxygens (including phenoxy) is 1. The number of unbranched alkanes of at least 4 members (excludes halogenated alkanes) is 4.